The van der Waals surface area contributed by atoms with Crippen LogP contribution in [0.5, 0.6) is 0 Å². The number of carbonyl (C=O) groups excluding carboxylic acids is 2. The summed E-state index contributed by atoms with van der Waals surface area (Å²) in [5.41, 5.74) is 8.11. The number of nitrogens with two attached hydrogens (primary N) is 1. The molecule has 1 aromatic rings. The fourth-order valence-corrected chi connectivity index (χ4v) is 2.13. The molecular formula is C14H18N2O2. The molecule has 0 saturated carbocycles. The lowest BCUT2D eigenvalue weighted by Crippen LogP contribution is -2.34. The molecule has 0 bridgehead atoms. The average molecular weight is 246 g/mol. The molecule has 0 aromatic heterocycles. The van der Waals surface area contributed by atoms with E-state index in [0.29, 0.717) is 18.5 Å². The van der Waals surface area contributed by atoms with Crippen molar-refractivity contribution >= 4 is 17.4 Å². The Labute approximate surface area is 107 Å². The van der Waals surface area contributed by atoms with Crippen molar-refractivity contribution in [3.05, 3.63) is 29.3 Å². The molecule has 0 unspecified atom stereocenters. The van der Waals surface area contributed by atoms with Gasteiger partial charge in [-0.05, 0) is 37.0 Å². The van der Waals surface area contributed by atoms with Crippen molar-refractivity contribution in [2.75, 3.05) is 5.32 Å². The van der Waals surface area contributed by atoms with E-state index in [1.54, 1.807) is 6.07 Å². The van der Waals surface area contributed by atoms with Gasteiger partial charge in [-0.25, -0.2) is 0 Å². The van der Waals surface area contributed by atoms with Crippen molar-refractivity contribution in [1.82, 2.24) is 0 Å². The Morgan fingerprint density at radius 1 is 1.44 bits per heavy atom. The Morgan fingerprint density at radius 2 is 2.22 bits per heavy atom. The number of rotatable bonds is 3. The van der Waals surface area contributed by atoms with Gasteiger partial charge in [0.1, 0.15) is 0 Å². The zero-order valence-corrected chi connectivity index (χ0v) is 10.5. The van der Waals surface area contributed by atoms with E-state index in [4.69, 9.17) is 5.73 Å². The van der Waals surface area contributed by atoms with Gasteiger partial charge in [0.15, 0.2) is 5.78 Å². The number of ketones is 1. The maximum Gasteiger partial charge on any atom is 0.241 e. The van der Waals surface area contributed by atoms with Gasteiger partial charge >= 0.3 is 0 Å². The van der Waals surface area contributed by atoms with Crippen LogP contribution in [0.2, 0.25) is 0 Å². The summed E-state index contributed by atoms with van der Waals surface area (Å²) >= 11 is 0. The minimum absolute atomic E-state index is 0.159. The van der Waals surface area contributed by atoms with Gasteiger partial charge in [-0.1, -0.05) is 13.0 Å². The third-order valence-electron chi connectivity index (χ3n) is 3.30. The highest BCUT2D eigenvalue weighted by Crippen LogP contribution is 2.24. The minimum Gasteiger partial charge on any atom is -0.325 e. The lowest BCUT2D eigenvalue weighted by atomic mass is 9.90. The molecular weight excluding hydrogens is 228 g/mol. The Balaban J connectivity index is 2.18. The molecule has 0 spiro atoms. The first-order chi connectivity index (χ1) is 8.61. The van der Waals surface area contributed by atoms with Crippen molar-refractivity contribution in [2.45, 2.75) is 38.6 Å². The molecule has 1 aromatic carbocycles. The standard InChI is InChI=1S/C14H18N2O2/c1-2-12(15)14(18)16-10-7-6-9-4-3-5-13(17)11(9)8-10/h6-8,12H,2-5,15H2,1H3,(H,16,18)/t12-/m0/s1. The third-order valence-corrected chi connectivity index (χ3v) is 3.30. The second-order valence-electron chi connectivity index (χ2n) is 4.65. The Hall–Kier alpha value is -1.68. The molecule has 4 heteroatoms. The summed E-state index contributed by atoms with van der Waals surface area (Å²) in [5, 5.41) is 2.75. The van der Waals surface area contributed by atoms with E-state index < -0.39 is 6.04 Å². The van der Waals surface area contributed by atoms with Gasteiger partial charge in [-0.2, -0.15) is 0 Å². The van der Waals surface area contributed by atoms with E-state index in [1.165, 1.54) is 0 Å². The predicted molar refractivity (Wildman–Crippen MR) is 70.6 cm³/mol. The maximum absolute atomic E-state index is 11.8. The number of nitrogens with one attached hydrogen (secondary N) is 1. The smallest absolute Gasteiger partial charge is 0.241 e. The molecule has 0 radical (unpaired) electrons. The molecule has 4 nitrogen and oxygen atoms in total. The summed E-state index contributed by atoms with van der Waals surface area (Å²) in [4.78, 5) is 23.4. The highest BCUT2D eigenvalue weighted by atomic mass is 16.2. The number of hydrogen-bond acceptors (Lipinski definition) is 3. The molecule has 18 heavy (non-hydrogen) atoms. The monoisotopic (exact) mass is 246 g/mol. The van der Waals surface area contributed by atoms with Crippen LogP contribution in [0, 0.1) is 0 Å². The van der Waals surface area contributed by atoms with Gasteiger partial charge < -0.3 is 11.1 Å². The third kappa shape index (κ3) is 2.59. The lowest BCUT2D eigenvalue weighted by molar-refractivity contribution is -0.117. The van der Waals surface area contributed by atoms with E-state index in [1.807, 2.05) is 19.1 Å². The first kappa shape index (κ1) is 12.8. The molecule has 0 heterocycles. The van der Waals surface area contributed by atoms with E-state index in [-0.39, 0.29) is 11.7 Å². The van der Waals surface area contributed by atoms with Crippen molar-refractivity contribution in [2.24, 2.45) is 5.73 Å². The summed E-state index contributed by atoms with van der Waals surface area (Å²) in [7, 11) is 0. The summed E-state index contributed by atoms with van der Waals surface area (Å²) < 4.78 is 0. The number of Topliss-reactive ketones (excluding diaryl/α,β-unsaturated/α-hetero) is 1. The summed E-state index contributed by atoms with van der Waals surface area (Å²) in [5.74, 6) is -0.0483. The zero-order valence-electron chi connectivity index (χ0n) is 10.5. The Bertz CT molecular complexity index is 483. The highest BCUT2D eigenvalue weighted by molar-refractivity contribution is 6.01. The number of benzene rings is 1. The fraction of sp³-hybridized carbons (Fsp3) is 0.429. The topological polar surface area (TPSA) is 72.2 Å². The number of aryl methyl sites for hydroxylation is 1. The van der Waals surface area contributed by atoms with Crippen molar-refractivity contribution in [3.63, 3.8) is 0 Å². The van der Waals surface area contributed by atoms with Crippen LogP contribution < -0.4 is 11.1 Å². The maximum atomic E-state index is 11.8. The van der Waals surface area contributed by atoms with Gasteiger partial charge in [-0.15, -0.1) is 0 Å². The second kappa shape index (κ2) is 5.31. The quantitative estimate of drug-likeness (QED) is 0.855. The van der Waals surface area contributed by atoms with Crippen LogP contribution in [-0.2, 0) is 11.2 Å². The van der Waals surface area contributed by atoms with Crippen molar-refractivity contribution < 1.29 is 9.59 Å². The van der Waals surface area contributed by atoms with E-state index in [9.17, 15) is 9.59 Å². The summed E-state index contributed by atoms with van der Waals surface area (Å²) in [6, 6.07) is 5.01. The molecule has 0 fully saturated rings. The summed E-state index contributed by atoms with van der Waals surface area (Å²) in [6.45, 7) is 1.86. The molecule has 1 atom stereocenters. The second-order valence-corrected chi connectivity index (χ2v) is 4.65. The van der Waals surface area contributed by atoms with Crippen LogP contribution in [0.4, 0.5) is 5.69 Å². The Morgan fingerprint density at radius 3 is 2.94 bits per heavy atom. The highest BCUT2D eigenvalue weighted by Gasteiger charge is 2.18. The molecule has 1 aliphatic rings. The number of carbonyl (C=O) groups is 2. The molecule has 96 valence electrons. The molecule has 0 aliphatic heterocycles. The van der Waals surface area contributed by atoms with Crippen molar-refractivity contribution in [3.8, 4) is 0 Å². The first-order valence-electron chi connectivity index (χ1n) is 6.34. The van der Waals surface area contributed by atoms with Gasteiger partial charge in [0, 0.05) is 17.7 Å². The van der Waals surface area contributed by atoms with Crippen LogP contribution in [0.3, 0.4) is 0 Å². The van der Waals surface area contributed by atoms with Crippen molar-refractivity contribution in [1.29, 1.82) is 0 Å². The molecule has 3 N–H and O–H groups in total. The number of anilines is 1. The van der Waals surface area contributed by atoms with Crippen LogP contribution in [0.15, 0.2) is 18.2 Å². The van der Waals surface area contributed by atoms with Crippen LogP contribution in [0.1, 0.15) is 42.1 Å². The van der Waals surface area contributed by atoms with Gasteiger partial charge in [0.05, 0.1) is 6.04 Å². The largest absolute Gasteiger partial charge is 0.325 e. The first-order valence-corrected chi connectivity index (χ1v) is 6.34. The summed E-state index contributed by atoms with van der Waals surface area (Å²) in [6.07, 6.45) is 3.04. The number of hydrogen-bond donors (Lipinski definition) is 2. The van der Waals surface area contributed by atoms with Gasteiger partial charge in [-0.3, -0.25) is 9.59 Å². The number of amides is 1. The Kier molecular flexibility index (Phi) is 3.77. The SMILES string of the molecule is CC[C@H](N)C(=O)Nc1ccc2c(c1)C(=O)CCC2. The van der Waals surface area contributed by atoms with Crippen LogP contribution >= 0.6 is 0 Å². The molecule has 2 rings (SSSR count). The number of fused-ring (bicyclic) bond motifs is 1. The molecule has 1 amide bonds. The molecule has 0 saturated heterocycles. The van der Waals surface area contributed by atoms with E-state index in [0.717, 1.165) is 24.0 Å². The predicted octanol–water partition coefficient (Wildman–Crippen LogP) is 1.88. The zero-order chi connectivity index (χ0) is 13.1. The minimum atomic E-state index is -0.503. The van der Waals surface area contributed by atoms with Crippen LogP contribution in [-0.4, -0.2) is 17.7 Å². The van der Waals surface area contributed by atoms with Crippen LogP contribution in [0.25, 0.3) is 0 Å². The van der Waals surface area contributed by atoms with Gasteiger partial charge in [0.2, 0.25) is 5.91 Å². The van der Waals surface area contributed by atoms with E-state index >= 15 is 0 Å². The average Bonchev–Trinajstić information content (AvgIpc) is 2.38. The van der Waals surface area contributed by atoms with E-state index in [2.05, 4.69) is 5.32 Å². The van der Waals surface area contributed by atoms with Gasteiger partial charge in [0.25, 0.3) is 0 Å². The fourth-order valence-electron chi connectivity index (χ4n) is 2.13. The molecule has 1 aliphatic carbocycles. The normalized spacial score (nSPS) is 16.0. The lowest BCUT2D eigenvalue weighted by Gasteiger charge is -2.16.